The Balaban J connectivity index is 0.000000172. The van der Waals surface area contributed by atoms with Gasteiger partial charge in [-0.05, 0) is 0 Å². The Morgan fingerprint density at radius 3 is 1.48 bits per heavy atom. The molecule has 0 saturated carbocycles. The van der Waals surface area contributed by atoms with Crippen LogP contribution < -0.4 is 0 Å². The van der Waals surface area contributed by atoms with Crippen LogP contribution in [0.4, 0.5) is 0 Å². The number of hydrogen-bond donors (Lipinski definition) is 0. The summed E-state index contributed by atoms with van der Waals surface area (Å²) < 4.78 is 0. The summed E-state index contributed by atoms with van der Waals surface area (Å²) >= 11 is 5.06. The zero-order valence-electron chi connectivity index (χ0n) is 16.7. The molecule has 0 aliphatic carbocycles. The Kier molecular flexibility index (Phi) is 9.71. The van der Waals surface area contributed by atoms with Gasteiger partial charge in [0.15, 0.2) is 0 Å². The molecule has 0 unspecified atom stereocenters. The van der Waals surface area contributed by atoms with Crippen molar-refractivity contribution in [3.05, 3.63) is 82.4 Å². The average Bonchev–Trinajstić information content (AvgIpc) is 3.14. The molecule has 0 bridgehead atoms. The van der Waals surface area contributed by atoms with Crippen LogP contribution in [-0.2, 0) is 21.3 Å². The summed E-state index contributed by atoms with van der Waals surface area (Å²) in [7, 11) is 0. The second kappa shape index (κ2) is 11.3. The van der Waals surface area contributed by atoms with Crippen molar-refractivity contribution in [2.75, 3.05) is 0 Å². The zero-order valence-corrected chi connectivity index (χ0v) is 23.4. The van der Waals surface area contributed by atoms with Gasteiger partial charge < -0.3 is 0 Å². The molecular weight excluding hydrogens is 633 g/mol. The smallest absolute Gasteiger partial charge is 0.0771 e. The fourth-order valence-corrected chi connectivity index (χ4v) is 3.73. The molecule has 0 aromatic heterocycles. The standard InChI is InChI=1S/C13H9.C11H17.2HI.Zr/c1-3-7-12-10(5-1)9-11-6-2-4-8-13(11)12;1-6-11-9(4)7(2)8(3)10(11)5;;;/h1-9H;6H2,1-5H3;2*1H;/q2*-1;;;+4/p-2. The molecule has 0 N–H and O–H groups in total. The Labute approximate surface area is 193 Å². The van der Waals surface area contributed by atoms with Gasteiger partial charge in [-0.25, -0.2) is 0 Å². The molecule has 0 atom stereocenters. The van der Waals surface area contributed by atoms with E-state index in [-0.39, 0.29) is 14.9 Å². The van der Waals surface area contributed by atoms with Gasteiger partial charge in [0.05, 0.1) is 0 Å². The van der Waals surface area contributed by atoms with Crippen molar-refractivity contribution < 1.29 is 14.9 Å². The second-order valence-electron chi connectivity index (χ2n) is 6.72. The zero-order chi connectivity index (χ0) is 20.0. The van der Waals surface area contributed by atoms with E-state index in [1.165, 1.54) is 50.2 Å². The van der Waals surface area contributed by atoms with E-state index in [0.717, 1.165) is 0 Å². The molecule has 4 aromatic carbocycles. The van der Waals surface area contributed by atoms with E-state index in [9.17, 15) is 0 Å². The molecule has 0 aliphatic heterocycles. The van der Waals surface area contributed by atoms with Gasteiger partial charge in [-0.15, -0.1) is 39.7 Å². The minimum atomic E-state index is 0.170. The van der Waals surface area contributed by atoms with Crippen LogP contribution in [0.15, 0.2) is 54.6 Å². The number of benzene rings is 2. The maximum absolute atomic E-state index is 2.45. The molecule has 0 spiro atoms. The minimum Gasteiger partial charge on any atom is -0.126 e. The fraction of sp³-hybridized carbons (Fsp3) is 0.250. The van der Waals surface area contributed by atoms with Gasteiger partial charge in [0.1, 0.15) is 0 Å². The predicted octanol–water partition coefficient (Wildman–Crippen LogP) is 8.68. The molecule has 4 rings (SSSR count). The SMILES string of the molecule is CC[c-]1c(C)c(C)c(C)c1C.[I][Zr+2][I].c1ccc2c(c1)[cH-]c1ccccc12. The summed E-state index contributed by atoms with van der Waals surface area (Å²) in [5.74, 6) is 0. The first-order chi connectivity index (χ1) is 13.0. The number of fused-ring (bicyclic) bond motifs is 3. The van der Waals surface area contributed by atoms with E-state index in [0.29, 0.717) is 0 Å². The van der Waals surface area contributed by atoms with Crippen LogP contribution >= 0.6 is 36.1 Å². The second-order valence-corrected chi connectivity index (χ2v) is 25.7. The van der Waals surface area contributed by atoms with E-state index in [4.69, 9.17) is 0 Å². The average molecular weight is 660 g/mol. The van der Waals surface area contributed by atoms with Crippen LogP contribution in [0.2, 0.25) is 0 Å². The maximum Gasteiger partial charge on any atom is -0.0771 e. The summed E-state index contributed by atoms with van der Waals surface area (Å²) in [4.78, 5) is 0. The van der Waals surface area contributed by atoms with Gasteiger partial charge in [0.2, 0.25) is 0 Å². The van der Waals surface area contributed by atoms with E-state index in [1.54, 1.807) is 5.56 Å². The minimum absolute atomic E-state index is 0.170. The van der Waals surface area contributed by atoms with Crippen molar-refractivity contribution in [2.24, 2.45) is 0 Å². The molecule has 0 saturated heterocycles. The fourth-order valence-electron chi connectivity index (χ4n) is 3.73. The van der Waals surface area contributed by atoms with Crippen molar-refractivity contribution in [1.82, 2.24) is 0 Å². The molecule has 0 nitrogen and oxygen atoms in total. The Morgan fingerprint density at radius 1 is 0.778 bits per heavy atom. The van der Waals surface area contributed by atoms with Gasteiger partial charge in [-0.2, -0.15) is 27.8 Å². The van der Waals surface area contributed by atoms with Crippen LogP contribution in [0.5, 0.6) is 0 Å². The van der Waals surface area contributed by atoms with E-state index >= 15 is 0 Å². The van der Waals surface area contributed by atoms with Crippen molar-refractivity contribution >= 4 is 57.6 Å². The van der Waals surface area contributed by atoms with Gasteiger partial charge >= 0.3 is 50.9 Å². The van der Waals surface area contributed by atoms with Crippen LogP contribution in [0.3, 0.4) is 0 Å². The molecule has 140 valence electrons. The molecule has 0 amide bonds. The third-order valence-corrected chi connectivity index (χ3v) is 5.47. The largest absolute Gasteiger partial charge is 0.126 e. The van der Waals surface area contributed by atoms with Crippen molar-refractivity contribution in [3.8, 4) is 0 Å². The van der Waals surface area contributed by atoms with E-state index in [2.05, 4.69) is 125 Å². The Hall–Kier alpha value is 0.00312. The van der Waals surface area contributed by atoms with Crippen molar-refractivity contribution in [3.63, 3.8) is 0 Å². The van der Waals surface area contributed by atoms with Crippen LogP contribution in [0.25, 0.3) is 21.5 Å². The number of rotatable bonds is 1. The topological polar surface area (TPSA) is 0 Å². The molecule has 0 fully saturated rings. The summed E-state index contributed by atoms with van der Waals surface area (Å²) in [6.45, 7) is 11.1. The van der Waals surface area contributed by atoms with Gasteiger partial charge in [0, 0.05) is 0 Å². The Bertz CT molecular complexity index is 932. The molecule has 4 aromatic rings. The first kappa shape index (κ1) is 23.3. The maximum atomic E-state index is 2.45. The van der Waals surface area contributed by atoms with Crippen molar-refractivity contribution in [1.29, 1.82) is 0 Å². The van der Waals surface area contributed by atoms with E-state index < -0.39 is 0 Å². The first-order valence-electron chi connectivity index (χ1n) is 9.17. The normalized spacial score (nSPS) is 10.0. The molecule has 0 aliphatic rings. The molecule has 0 radical (unpaired) electrons. The predicted molar refractivity (Wildman–Crippen MR) is 135 cm³/mol. The van der Waals surface area contributed by atoms with Gasteiger partial charge in [0.25, 0.3) is 0 Å². The summed E-state index contributed by atoms with van der Waals surface area (Å²) in [5, 5.41) is 5.39. The van der Waals surface area contributed by atoms with Crippen LogP contribution in [-0.4, -0.2) is 0 Å². The molecule has 3 heteroatoms. The monoisotopic (exact) mass is 658 g/mol. The summed E-state index contributed by atoms with van der Waals surface area (Å²) in [6, 6.07) is 19.3. The third-order valence-electron chi connectivity index (χ3n) is 5.47. The summed E-state index contributed by atoms with van der Waals surface area (Å²) in [6.07, 6.45) is 1.17. The van der Waals surface area contributed by atoms with Gasteiger partial charge in [-0.3, -0.25) is 0 Å². The quantitative estimate of drug-likeness (QED) is 0.142. The summed E-state index contributed by atoms with van der Waals surface area (Å²) in [5.41, 5.74) is 7.53. The molecule has 27 heavy (non-hydrogen) atoms. The van der Waals surface area contributed by atoms with Crippen molar-refractivity contribution in [2.45, 2.75) is 41.0 Å². The third kappa shape index (κ3) is 5.54. The molecular formula is C24H26I2Zr. The van der Waals surface area contributed by atoms with Crippen LogP contribution in [0.1, 0.15) is 34.7 Å². The number of hydrogen-bond acceptors (Lipinski definition) is 0. The molecule has 0 heterocycles. The van der Waals surface area contributed by atoms with Crippen LogP contribution in [0, 0.1) is 27.7 Å². The van der Waals surface area contributed by atoms with Gasteiger partial charge in [-0.1, -0.05) is 77.4 Å². The first-order valence-corrected chi connectivity index (χ1v) is 23.8. The number of halogens is 2. The van der Waals surface area contributed by atoms with E-state index in [1.807, 2.05) is 0 Å². The Morgan fingerprint density at radius 2 is 1.15 bits per heavy atom.